The molecule has 8 heavy (non-hydrogen) atoms. The Morgan fingerprint density at radius 3 is 2.62 bits per heavy atom. The minimum Gasteiger partial charge on any atom is -0.288 e. The predicted octanol–water partition coefficient (Wildman–Crippen LogP) is 0.759. The van der Waals surface area contributed by atoms with E-state index < -0.39 is 0 Å². The second-order valence-electron chi connectivity index (χ2n) is 1.60. The highest BCUT2D eigenvalue weighted by Crippen LogP contribution is 2.02. The van der Waals surface area contributed by atoms with E-state index in [4.69, 9.17) is 5.84 Å². The number of hydrogen-bond donors (Lipinski definition) is 1. The van der Waals surface area contributed by atoms with Gasteiger partial charge in [0.25, 0.3) is 0 Å². The van der Waals surface area contributed by atoms with Crippen LogP contribution in [0, 0.1) is 0 Å². The van der Waals surface area contributed by atoms with Gasteiger partial charge in [0.05, 0.1) is 0 Å². The van der Waals surface area contributed by atoms with E-state index in [1.807, 2.05) is 18.2 Å². The third-order valence-corrected chi connectivity index (χ3v) is 0.978. The predicted molar refractivity (Wildman–Crippen MR) is 33.4 cm³/mol. The van der Waals surface area contributed by atoms with Gasteiger partial charge in [0.1, 0.15) is 0 Å². The lowest BCUT2D eigenvalue weighted by molar-refractivity contribution is 0.507. The lowest BCUT2D eigenvalue weighted by atomic mass is 10.3. The van der Waals surface area contributed by atoms with Crippen LogP contribution in [0.3, 0.4) is 0 Å². The molecule has 0 radical (unpaired) electrons. The Morgan fingerprint density at radius 2 is 2.25 bits per heavy atom. The van der Waals surface area contributed by atoms with Crippen molar-refractivity contribution >= 4 is 0 Å². The molecule has 0 saturated heterocycles. The molecule has 0 atom stereocenters. The molecule has 0 amide bonds. The van der Waals surface area contributed by atoms with Gasteiger partial charge in [-0.15, -0.1) is 0 Å². The quantitative estimate of drug-likeness (QED) is 0.464. The highest BCUT2D eigenvalue weighted by molar-refractivity contribution is 5.23. The fourth-order valence-corrected chi connectivity index (χ4v) is 0.491. The van der Waals surface area contributed by atoms with Crippen LogP contribution in [0.2, 0.25) is 0 Å². The van der Waals surface area contributed by atoms with Gasteiger partial charge in [0.2, 0.25) is 0 Å². The van der Waals surface area contributed by atoms with Crippen molar-refractivity contribution in [3.63, 3.8) is 0 Å². The van der Waals surface area contributed by atoms with E-state index in [0.29, 0.717) is 0 Å². The molecule has 0 aromatic heterocycles. The molecule has 2 heteroatoms. The number of rotatable bonds is 0. The van der Waals surface area contributed by atoms with Crippen LogP contribution >= 0.6 is 0 Å². The van der Waals surface area contributed by atoms with E-state index in [0.717, 1.165) is 5.70 Å². The summed E-state index contributed by atoms with van der Waals surface area (Å²) in [5.41, 5.74) is 0.813. The molecule has 0 bridgehead atoms. The maximum absolute atomic E-state index is 5.37. The molecule has 0 aliphatic carbocycles. The van der Waals surface area contributed by atoms with E-state index in [1.54, 1.807) is 6.20 Å². The zero-order valence-corrected chi connectivity index (χ0v) is 4.54. The fourth-order valence-electron chi connectivity index (χ4n) is 0.491. The first-order valence-corrected chi connectivity index (χ1v) is 2.38. The van der Waals surface area contributed by atoms with Crippen LogP contribution in [0.5, 0.6) is 0 Å². The van der Waals surface area contributed by atoms with Crippen LogP contribution in [-0.2, 0) is 0 Å². The summed E-state index contributed by atoms with van der Waals surface area (Å²) >= 11 is 0. The SMILES string of the molecule is C=C1C=CC=CN1N. The highest BCUT2D eigenvalue weighted by Gasteiger charge is 1.94. The van der Waals surface area contributed by atoms with Crippen molar-refractivity contribution in [2.45, 2.75) is 0 Å². The first-order chi connectivity index (χ1) is 3.80. The summed E-state index contributed by atoms with van der Waals surface area (Å²) in [5.74, 6) is 5.37. The molecular weight excluding hydrogens is 100 g/mol. The number of allylic oxidation sites excluding steroid dienone is 3. The van der Waals surface area contributed by atoms with Gasteiger partial charge in [0.15, 0.2) is 0 Å². The fraction of sp³-hybridized carbons (Fsp3) is 0. The van der Waals surface area contributed by atoms with E-state index >= 15 is 0 Å². The van der Waals surface area contributed by atoms with Crippen molar-refractivity contribution in [3.05, 3.63) is 36.7 Å². The summed E-state index contributed by atoms with van der Waals surface area (Å²) in [6, 6.07) is 0. The van der Waals surface area contributed by atoms with Crippen LogP contribution in [0.25, 0.3) is 0 Å². The molecule has 1 heterocycles. The minimum absolute atomic E-state index is 0.813. The Labute approximate surface area is 48.6 Å². The van der Waals surface area contributed by atoms with Gasteiger partial charge in [-0.3, -0.25) is 5.01 Å². The molecule has 1 aliphatic heterocycles. The first kappa shape index (κ1) is 5.12. The summed E-state index contributed by atoms with van der Waals surface area (Å²) in [6.45, 7) is 3.66. The normalized spacial score (nSPS) is 17.6. The standard InChI is InChI=1S/C6H8N2/c1-6-4-2-3-5-8(6)7/h2-5H,1,7H2. The van der Waals surface area contributed by atoms with Gasteiger partial charge in [-0.25, -0.2) is 5.84 Å². The summed E-state index contributed by atoms with van der Waals surface area (Å²) in [5, 5.41) is 1.47. The maximum Gasteiger partial charge on any atom is 0.0496 e. The highest BCUT2D eigenvalue weighted by atomic mass is 15.4. The number of hydrogen-bond acceptors (Lipinski definition) is 2. The molecule has 1 aliphatic rings. The van der Waals surface area contributed by atoms with Crippen molar-refractivity contribution in [3.8, 4) is 0 Å². The average molecular weight is 108 g/mol. The van der Waals surface area contributed by atoms with Crippen molar-refractivity contribution < 1.29 is 0 Å². The third-order valence-electron chi connectivity index (χ3n) is 0.978. The summed E-state index contributed by atoms with van der Waals surface area (Å²) < 4.78 is 0. The van der Waals surface area contributed by atoms with Crippen molar-refractivity contribution in [1.82, 2.24) is 5.01 Å². The Balaban J connectivity index is 2.74. The zero-order chi connectivity index (χ0) is 5.98. The molecule has 0 saturated carbocycles. The maximum atomic E-state index is 5.37. The topological polar surface area (TPSA) is 29.3 Å². The summed E-state index contributed by atoms with van der Waals surface area (Å²) in [7, 11) is 0. The molecule has 0 aromatic carbocycles. The minimum atomic E-state index is 0.813. The molecule has 2 nitrogen and oxygen atoms in total. The third kappa shape index (κ3) is 0.792. The second-order valence-corrected chi connectivity index (χ2v) is 1.60. The van der Waals surface area contributed by atoms with Gasteiger partial charge in [-0.05, 0) is 12.2 Å². The van der Waals surface area contributed by atoms with Gasteiger partial charge in [-0.1, -0.05) is 12.7 Å². The lowest BCUT2D eigenvalue weighted by Crippen LogP contribution is -2.23. The second kappa shape index (κ2) is 1.84. The Kier molecular flexibility index (Phi) is 1.18. The first-order valence-electron chi connectivity index (χ1n) is 2.38. The van der Waals surface area contributed by atoms with Gasteiger partial charge < -0.3 is 0 Å². The molecule has 1 rings (SSSR count). The van der Waals surface area contributed by atoms with E-state index in [-0.39, 0.29) is 0 Å². The van der Waals surface area contributed by atoms with Gasteiger partial charge in [0, 0.05) is 11.9 Å². The average Bonchev–Trinajstić information content (AvgIpc) is 1.77. The van der Waals surface area contributed by atoms with Crippen LogP contribution in [0.1, 0.15) is 0 Å². The summed E-state index contributed by atoms with van der Waals surface area (Å²) in [4.78, 5) is 0. The van der Waals surface area contributed by atoms with E-state index in [2.05, 4.69) is 6.58 Å². The zero-order valence-electron chi connectivity index (χ0n) is 4.54. The van der Waals surface area contributed by atoms with Crippen LogP contribution in [-0.4, -0.2) is 5.01 Å². The van der Waals surface area contributed by atoms with Crippen molar-refractivity contribution in [2.75, 3.05) is 0 Å². The summed E-state index contributed by atoms with van der Waals surface area (Å²) in [6.07, 6.45) is 7.35. The Morgan fingerprint density at radius 1 is 1.50 bits per heavy atom. The molecule has 0 unspecified atom stereocenters. The number of nitrogens with two attached hydrogens (primary N) is 1. The van der Waals surface area contributed by atoms with Crippen molar-refractivity contribution in [1.29, 1.82) is 0 Å². The van der Waals surface area contributed by atoms with E-state index in [1.165, 1.54) is 5.01 Å². The Hall–Kier alpha value is -1.02. The van der Waals surface area contributed by atoms with Gasteiger partial charge >= 0.3 is 0 Å². The Bertz CT molecular complexity index is 156. The van der Waals surface area contributed by atoms with Crippen LogP contribution < -0.4 is 5.84 Å². The molecule has 0 fully saturated rings. The molecular formula is C6H8N2. The van der Waals surface area contributed by atoms with Crippen LogP contribution in [0.4, 0.5) is 0 Å². The lowest BCUT2D eigenvalue weighted by Gasteiger charge is -2.14. The van der Waals surface area contributed by atoms with Crippen molar-refractivity contribution in [2.24, 2.45) is 5.84 Å². The number of nitrogens with zero attached hydrogens (tertiary/aromatic N) is 1. The number of hydrazine groups is 1. The molecule has 2 N–H and O–H groups in total. The van der Waals surface area contributed by atoms with Gasteiger partial charge in [-0.2, -0.15) is 0 Å². The smallest absolute Gasteiger partial charge is 0.0496 e. The molecule has 0 aromatic rings. The van der Waals surface area contributed by atoms with Crippen LogP contribution in [0.15, 0.2) is 36.7 Å². The largest absolute Gasteiger partial charge is 0.288 e. The monoisotopic (exact) mass is 108 g/mol. The molecule has 0 spiro atoms. The van der Waals surface area contributed by atoms with E-state index in [9.17, 15) is 0 Å². The molecule has 42 valence electrons.